The zero-order valence-electron chi connectivity index (χ0n) is 14.0. The average Bonchev–Trinajstić information content (AvgIpc) is 2.46. The lowest BCUT2D eigenvalue weighted by molar-refractivity contribution is -0.110. The van der Waals surface area contributed by atoms with E-state index in [-0.39, 0.29) is 5.12 Å². The van der Waals surface area contributed by atoms with E-state index in [1.165, 1.54) is 81.3 Å². The van der Waals surface area contributed by atoms with Crippen molar-refractivity contribution in [2.45, 2.75) is 96.8 Å². The van der Waals surface area contributed by atoms with Crippen LogP contribution in [0.4, 0.5) is 0 Å². The van der Waals surface area contributed by atoms with Crippen LogP contribution in [0.3, 0.4) is 0 Å². The average molecular weight is 333 g/mol. The fraction of sp³-hybridized carbons (Fsp3) is 0.889. The van der Waals surface area contributed by atoms with E-state index in [9.17, 15) is 4.79 Å². The molecule has 0 aliphatic heterocycles. The van der Waals surface area contributed by atoms with E-state index in [0.29, 0.717) is 6.42 Å². The van der Waals surface area contributed by atoms with Crippen molar-refractivity contribution in [1.29, 1.82) is 0 Å². The van der Waals surface area contributed by atoms with Crippen molar-refractivity contribution in [3.8, 4) is 0 Å². The quantitative estimate of drug-likeness (QED) is 0.196. The molecule has 0 spiro atoms. The molecule has 0 radical (unpaired) electrons. The first-order chi connectivity index (χ1) is 10.3. The van der Waals surface area contributed by atoms with Crippen LogP contribution in [0.15, 0.2) is 0 Å². The van der Waals surface area contributed by atoms with Crippen molar-refractivity contribution in [2.24, 2.45) is 0 Å². The van der Waals surface area contributed by atoms with E-state index in [2.05, 4.69) is 24.9 Å². The van der Waals surface area contributed by atoms with Crippen molar-refractivity contribution < 1.29 is 4.79 Å². The molecule has 21 heavy (non-hydrogen) atoms. The van der Waals surface area contributed by atoms with Gasteiger partial charge in [-0.05, 0) is 31.4 Å². The van der Waals surface area contributed by atoms with Crippen LogP contribution in [0.25, 0.3) is 0 Å². The molecular weight excluding hydrogens is 296 g/mol. The third-order valence-corrected chi connectivity index (χ3v) is 5.06. The van der Waals surface area contributed by atoms with Gasteiger partial charge in [-0.3, -0.25) is 4.79 Å². The maximum atomic E-state index is 10.6. The first-order valence-corrected chi connectivity index (χ1v) is 10.6. The molecule has 0 aromatic rings. The van der Waals surface area contributed by atoms with E-state index in [1.54, 1.807) is 0 Å². The Morgan fingerprint density at radius 2 is 1.43 bits per heavy atom. The summed E-state index contributed by atoms with van der Waals surface area (Å²) in [6, 6.07) is 0. The van der Waals surface area contributed by atoms with Gasteiger partial charge < -0.3 is 0 Å². The molecule has 0 aliphatic rings. The van der Waals surface area contributed by atoms with Gasteiger partial charge in [-0.2, -0.15) is 0 Å². The summed E-state index contributed by atoms with van der Waals surface area (Å²) in [6.07, 6.45) is 18.1. The minimum atomic E-state index is 0.0258. The Morgan fingerprint density at radius 3 is 2.00 bits per heavy atom. The summed E-state index contributed by atoms with van der Waals surface area (Å²) in [6.45, 7) is 2.28. The monoisotopic (exact) mass is 332 g/mol. The van der Waals surface area contributed by atoms with Crippen LogP contribution in [0.1, 0.15) is 96.8 Å². The molecule has 0 bridgehead atoms. The van der Waals surface area contributed by atoms with E-state index < -0.39 is 0 Å². The Balaban J connectivity index is 3.06. The topological polar surface area (TPSA) is 17.1 Å². The van der Waals surface area contributed by atoms with Gasteiger partial charge in [-0.25, -0.2) is 11.4 Å². The fourth-order valence-corrected chi connectivity index (χ4v) is 3.50. The van der Waals surface area contributed by atoms with Crippen LogP contribution in [0.5, 0.6) is 0 Å². The summed E-state index contributed by atoms with van der Waals surface area (Å²) < 4.78 is 0. The van der Waals surface area contributed by atoms with Crippen LogP contribution < -0.4 is 0 Å². The van der Waals surface area contributed by atoms with E-state index in [4.69, 9.17) is 0 Å². The molecule has 0 amide bonds. The Hall–Kier alpha value is 0.240. The molecular formula is C18H36OS2. The normalized spacial score (nSPS) is 11.7. The van der Waals surface area contributed by atoms with Gasteiger partial charge in [0.2, 0.25) is 0 Å². The van der Waals surface area contributed by atoms with Gasteiger partial charge in [-0.1, -0.05) is 70.1 Å². The van der Waals surface area contributed by atoms with Gasteiger partial charge >= 0.3 is 0 Å². The first kappa shape index (κ1) is 21.2. The number of hydrogen-bond acceptors (Lipinski definition) is 1. The summed E-state index contributed by atoms with van der Waals surface area (Å²) in [4.78, 5) is 10.6. The molecule has 0 aromatic heterocycles. The highest BCUT2D eigenvalue weighted by Gasteiger charge is 1.93. The standard InChI is InChI=1S/C18H36OS2/c1-2-3-4-5-6-7-8-9-10-13-16-21-17-14-11-12-15-18(19)20/h17,21H,2-16H2,1H3,(H,19,20). The summed E-state index contributed by atoms with van der Waals surface area (Å²) in [7, 11) is 0. The molecule has 0 aromatic carbocycles. The highest BCUT2D eigenvalue weighted by molar-refractivity contribution is 7.97. The van der Waals surface area contributed by atoms with Gasteiger partial charge in [0.25, 0.3) is 0 Å². The van der Waals surface area contributed by atoms with Crippen LogP contribution in [-0.4, -0.2) is 16.2 Å². The molecule has 0 rings (SSSR count). The molecule has 3 heteroatoms. The SMILES string of the molecule is CCCCCCCCCCCC[SH]=CCCCCC(=O)S. The summed E-state index contributed by atoms with van der Waals surface area (Å²) in [5.74, 6) is 1.32. The number of hydrogen-bond donors (Lipinski definition) is 2. The molecule has 0 N–H and O–H groups in total. The highest BCUT2D eigenvalue weighted by atomic mass is 32.1. The van der Waals surface area contributed by atoms with Crippen LogP contribution in [0, 0.1) is 0 Å². The first-order valence-electron chi connectivity index (χ1n) is 8.97. The third-order valence-electron chi connectivity index (χ3n) is 3.74. The Morgan fingerprint density at radius 1 is 0.857 bits per heavy atom. The fourth-order valence-electron chi connectivity index (χ4n) is 2.38. The van der Waals surface area contributed by atoms with Gasteiger partial charge in [0.15, 0.2) is 5.12 Å². The second-order valence-electron chi connectivity index (χ2n) is 5.91. The molecule has 0 aliphatic carbocycles. The van der Waals surface area contributed by atoms with Gasteiger partial charge in [0, 0.05) is 6.42 Å². The number of rotatable bonds is 16. The highest BCUT2D eigenvalue weighted by Crippen LogP contribution is 2.11. The predicted molar refractivity (Wildman–Crippen MR) is 104 cm³/mol. The zero-order chi connectivity index (χ0) is 15.6. The Kier molecular flexibility index (Phi) is 18.5. The molecule has 0 fully saturated rings. The molecule has 126 valence electrons. The van der Waals surface area contributed by atoms with Gasteiger partial charge in [-0.15, -0.1) is 12.6 Å². The molecule has 0 unspecified atom stereocenters. The molecule has 1 nitrogen and oxygen atoms in total. The number of unbranched alkanes of at least 4 members (excludes halogenated alkanes) is 11. The smallest absolute Gasteiger partial charge is 0.185 e. The van der Waals surface area contributed by atoms with Crippen LogP contribution in [-0.2, 0) is 4.79 Å². The minimum Gasteiger partial charge on any atom is -0.288 e. The Bertz CT molecular complexity index is 252. The predicted octanol–water partition coefficient (Wildman–Crippen LogP) is 6.19. The molecule has 0 heterocycles. The summed E-state index contributed by atoms with van der Waals surface area (Å²) in [5, 5.41) is 2.40. The third kappa shape index (κ3) is 20.2. The number of carbonyl (C=O) groups excluding carboxylic acids is 1. The largest absolute Gasteiger partial charge is 0.288 e. The Labute approximate surface area is 142 Å². The number of thiol groups is 2. The minimum absolute atomic E-state index is 0.0258. The van der Waals surface area contributed by atoms with Crippen molar-refractivity contribution in [3.63, 3.8) is 0 Å². The second-order valence-corrected chi connectivity index (χ2v) is 7.59. The van der Waals surface area contributed by atoms with Crippen molar-refractivity contribution in [2.75, 3.05) is 5.75 Å². The lowest BCUT2D eigenvalue weighted by Gasteiger charge is -2.01. The molecule has 0 saturated carbocycles. The van der Waals surface area contributed by atoms with Crippen molar-refractivity contribution in [1.82, 2.24) is 0 Å². The van der Waals surface area contributed by atoms with Crippen molar-refractivity contribution in [3.05, 3.63) is 0 Å². The van der Waals surface area contributed by atoms with Gasteiger partial charge in [0.05, 0.1) is 0 Å². The second kappa shape index (κ2) is 18.3. The zero-order valence-corrected chi connectivity index (χ0v) is 15.8. The summed E-state index contributed by atoms with van der Waals surface area (Å²) in [5.41, 5.74) is 0. The van der Waals surface area contributed by atoms with Crippen LogP contribution in [0.2, 0.25) is 0 Å². The van der Waals surface area contributed by atoms with E-state index in [1.807, 2.05) is 0 Å². The van der Waals surface area contributed by atoms with Crippen LogP contribution >= 0.6 is 24.0 Å². The maximum absolute atomic E-state index is 10.6. The lowest BCUT2D eigenvalue weighted by atomic mass is 10.1. The molecule has 0 atom stereocenters. The van der Waals surface area contributed by atoms with Crippen molar-refractivity contribution >= 4 is 34.5 Å². The van der Waals surface area contributed by atoms with E-state index >= 15 is 0 Å². The molecule has 0 saturated heterocycles. The lowest BCUT2D eigenvalue weighted by Crippen LogP contribution is -1.86. The maximum Gasteiger partial charge on any atom is 0.185 e. The number of carbonyl (C=O) groups is 1. The van der Waals surface area contributed by atoms with E-state index in [0.717, 1.165) is 19.3 Å². The summed E-state index contributed by atoms with van der Waals surface area (Å²) >= 11 is 5.27. The van der Waals surface area contributed by atoms with Gasteiger partial charge in [0.1, 0.15) is 0 Å².